The zero-order valence-electron chi connectivity index (χ0n) is 4.80. The van der Waals surface area contributed by atoms with Crippen LogP contribution in [-0.4, -0.2) is 0 Å². The quantitative estimate of drug-likeness (QED) is 0.595. The van der Waals surface area contributed by atoms with Crippen LogP contribution in [0.3, 0.4) is 0 Å². The minimum Gasteiger partial charge on any atom is -0.0843 e. The van der Waals surface area contributed by atoms with Gasteiger partial charge in [0.05, 0.1) is 0 Å². The Bertz CT molecular complexity index is 185. The summed E-state index contributed by atoms with van der Waals surface area (Å²) in [4.78, 5) is 1.26. The predicted molar refractivity (Wildman–Crippen MR) is 48.4 cm³/mol. The molecule has 0 nitrogen and oxygen atoms in total. The summed E-state index contributed by atoms with van der Waals surface area (Å²) in [6.45, 7) is 0. The number of halogens is 1. The first kappa shape index (κ1) is 7.40. The first-order valence-electron chi connectivity index (χ1n) is 2.50. The van der Waals surface area contributed by atoms with Gasteiger partial charge in [0.1, 0.15) is 0 Å². The van der Waals surface area contributed by atoms with Gasteiger partial charge in [-0.25, -0.2) is 0 Å². The molecule has 0 aliphatic heterocycles. The Morgan fingerprint density at radius 2 is 1.78 bits per heavy atom. The van der Waals surface area contributed by atoms with E-state index in [2.05, 4.69) is 0 Å². The van der Waals surface area contributed by atoms with E-state index >= 15 is 0 Å². The number of hydrogen-bond donors (Lipinski definition) is 0. The molecule has 0 fully saturated rings. The number of rotatable bonds is 1. The average Bonchev–Trinajstić information content (AvgIpc) is 1.90. The van der Waals surface area contributed by atoms with Crippen molar-refractivity contribution in [1.82, 2.24) is 0 Å². The minimum atomic E-state index is 0.802. The van der Waals surface area contributed by atoms with Crippen LogP contribution in [0.2, 0.25) is 5.02 Å². The third-order valence-electron chi connectivity index (χ3n) is 0.980. The molecule has 0 aliphatic carbocycles. The maximum atomic E-state index is 5.66. The third-order valence-corrected chi connectivity index (χ3v) is 2.84. The van der Waals surface area contributed by atoms with Gasteiger partial charge in [-0.1, -0.05) is 11.6 Å². The topological polar surface area (TPSA) is 0 Å². The summed E-state index contributed by atoms with van der Waals surface area (Å²) in [5.41, 5.74) is 0. The molecule has 1 unspecified atom stereocenters. The van der Waals surface area contributed by atoms with E-state index < -0.39 is 0 Å². The molecule has 1 aromatic rings. The molecule has 0 saturated carbocycles. The van der Waals surface area contributed by atoms with Crippen LogP contribution in [0.4, 0.5) is 0 Å². The van der Waals surface area contributed by atoms with E-state index in [0.29, 0.717) is 0 Å². The molecule has 0 N–H and O–H groups in total. The Kier molecular flexibility index (Phi) is 2.84. The normalized spacial score (nSPS) is 9.89. The van der Waals surface area contributed by atoms with Crippen molar-refractivity contribution < 1.29 is 0 Å². The van der Waals surface area contributed by atoms with Gasteiger partial charge in [0.25, 0.3) is 0 Å². The van der Waals surface area contributed by atoms with Crippen LogP contribution in [-0.2, 0) is 0 Å². The molecule has 1 rings (SSSR count). The second kappa shape index (κ2) is 3.46. The standard InChI is InChI=1S/C6H6ClPS/c7-5-1-3-6(9-8)4-2-5/h1-4H,8H2/p+1. The fraction of sp³-hybridized carbons (Fsp3) is 0. The van der Waals surface area contributed by atoms with Crippen LogP contribution in [0.5, 0.6) is 0 Å². The fourth-order valence-corrected chi connectivity index (χ4v) is 1.56. The summed E-state index contributed by atoms with van der Waals surface area (Å²) >= 11 is 7.41. The van der Waals surface area contributed by atoms with Crippen molar-refractivity contribution in [3.63, 3.8) is 0 Å². The van der Waals surface area contributed by atoms with Gasteiger partial charge in [0, 0.05) is 29.7 Å². The lowest BCUT2D eigenvalue weighted by Gasteiger charge is -1.89. The van der Waals surface area contributed by atoms with E-state index in [9.17, 15) is 0 Å². The Balaban J connectivity index is 2.88. The van der Waals surface area contributed by atoms with Crippen LogP contribution in [0.15, 0.2) is 29.2 Å². The highest BCUT2D eigenvalue weighted by Gasteiger charge is 1.90. The van der Waals surface area contributed by atoms with E-state index in [1.54, 1.807) is 11.4 Å². The van der Waals surface area contributed by atoms with Crippen LogP contribution in [0.1, 0.15) is 0 Å². The number of hydrogen-bond acceptors (Lipinski definition) is 1. The molecule has 0 radical (unpaired) electrons. The summed E-state index contributed by atoms with van der Waals surface area (Å²) in [5.74, 6) is 0. The van der Waals surface area contributed by atoms with Crippen LogP contribution in [0.25, 0.3) is 0 Å². The molecular formula is C6H7ClPS+. The Morgan fingerprint density at radius 1 is 1.22 bits per heavy atom. The first-order valence-corrected chi connectivity index (χ1v) is 5.60. The Hall–Kier alpha value is 0.290. The minimum absolute atomic E-state index is 0.802. The Labute approximate surface area is 65.9 Å². The van der Waals surface area contributed by atoms with Crippen molar-refractivity contribution in [2.45, 2.75) is 4.90 Å². The molecule has 0 aliphatic rings. The van der Waals surface area contributed by atoms with Crippen LogP contribution in [0, 0.1) is 0 Å². The second-order valence-corrected chi connectivity index (χ2v) is 3.66. The van der Waals surface area contributed by atoms with Gasteiger partial charge >= 0.3 is 0 Å². The van der Waals surface area contributed by atoms with E-state index in [1.807, 2.05) is 32.7 Å². The molecule has 0 spiro atoms. The molecule has 0 saturated heterocycles. The maximum absolute atomic E-state index is 5.66. The summed E-state index contributed by atoms with van der Waals surface area (Å²) in [7, 11) is 1.87. The molecular weight excluding hydrogens is 171 g/mol. The first-order chi connectivity index (χ1) is 4.33. The SMILES string of the molecule is [PH3+]Sc1ccc(Cl)cc1. The fourth-order valence-electron chi connectivity index (χ4n) is 0.531. The molecule has 0 heterocycles. The molecule has 0 aromatic heterocycles. The van der Waals surface area contributed by atoms with Crippen molar-refractivity contribution >= 4 is 31.4 Å². The number of benzene rings is 1. The maximum Gasteiger partial charge on any atom is 0.0467 e. The lowest BCUT2D eigenvalue weighted by atomic mass is 10.4. The van der Waals surface area contributed by atoms with Crippen molar-refractivity contribution in [2.75, 3.05) is 0 Å². The third kappa shape index (κ3) is 2.17. The van der Waals surface area contributed by atoms with Gasteiger partial charge in [-0.05, 0) is 24.3 Å². The van der Waals surface area contributed by atoms with Crippen molar-refractivity contribution in [1.29, 1.82) is 0 Å². The van der Waals surface area contributed by atoms with Gasteiger partial charge in [0.15, 0.2) is 0 Å². The highest BCUT2D eigenvalue weighted by molar-refractivity contribution is 8.43. The van der Waals surface area contributed by atoms with Gasteiger partial charge in [-0.15, -0.1) is 0 Å². The average molecular weight is 178 g/mol. The highest BCUT2D eigenvalue weighted by Crippen LogP contribution is 2.25. The zero-order chi connectivity index (χ0) is 6.69. The van der Waals surface area contributed by atoms with Gasteiger partial charge in [-0.2, -0.15) is 0 Å². The molecule has 1 atom stereocenters. The van der Waals surface area contributed by atoms with E-state index in [-0.39, 0.29) is 0 Å². The summed E-state index contributed by atoms with van der Waals surface area (Å²) in [6, 6.07) is 7.83. The van der Waals surface area contributed by atoms with Crippen molar-refractivity contribution in [3.8, 4) is 0 Å². The lowest BCUT2D eigenvalue weighted by molar-refractivity contribution is 1.48. The Morgan fingerprint density at radius 3 is 2.22 bits per heavy atom. The van der Waals surface area contributed by atoms with Crippen molar-refractivity contribution in [2.24, 2.45) is 0 Å². The van der Waals surface area contributed by atoms with Crippen LogP contribution < -0.4 is 0 Å². The molecule has 0 amide bonds. The molecule has 48 valence electrons. The summed E-state index contributed by atoms with van der Waals surface area (Å²) < 4.78 is 0. The van der Waals surface area contributed by atoms with Crippen molar-refractivity contribution in [3.05, 3.63) is 29.3 Å². The van der Waals surface area contributed by atoms with E-state index in [4.69, 9.17) is 11.6 Å². The zero-order valence-corrected chi connectivity index (χ0v) is 7.79. The van der Waals surface area contributed by atoms with Crippen LogP contribution >= 0.6 is 31.4 Å². The molecule has 1 aromatic carbocycles. The second-order valence-electron chi connectivity index (χ2n) is 1.60. The molecule has 9 heavy (non-hydrogen) atoms. The summed E-state index contributed by atoms with van der Waals surface area (Å²) in [6.07, 6.45) is 0. The molecule has 0 bridgehead atoms. The van der Waals surface area contributed by atoms with E-state index in [0.717, 1.165) is 5.02 Å². The smallest absolute Gasteiger partial charge is 0.0467 e. The molecule has 3 heteroatoms. The largest absolute Gasteiger partial charge is 0.0843 e. The predicted octanol–water partition coefficient (Wildman–Crippen LogP) is 2.95. The summed E-state index contributed by atoms with van der Waals surface area (Å²) in [5, 5.41) is 0.802. The van der Waals surface area contributed by atoms with E-state index in [1.165, 1.54) is 4.90 Å². The monoisotopic (exact) mass is 177 g/mol. The van der Waals surface area contributed by atoms with Gasteiger partial charge in [0.2, 0.25) is 0 Å². The van der Waals surface area contributed by atoms with Gasteiger partial charge in [-0.3, -0.25) is 0 Å². The highest BCUT2D eigenvalue weighted by atomic mass is 35.5. The lowest BCUT2D eigenvalue weighted by Crippen LogP contribution is -1.63. The van der Waals surface area contributed by atoms with Gasteiger partial charge < -0.3 is 0 Å².